The van der Waals surface area contributed by atoms with Crippen molar-refractivity contribution in [1.29, 1.82) is 0 Å². The molecule has 0 aliphatic rings. The van der Waals surface area contributed by atoms with Crippen molar-refractivity contribution in [2.75, 3.05) is 17.5 Å². The number of rotatable bonds is 8. The molecule has 0 unspecified atom stereocenters. The number of anilines is 1. The van der Waals surface area contributed by atoms with Crippen molar-refractivity contribution in [3.05, 3.63) is 83.8 Å². The minimum Gasteiger partial charge on any atom is -0.459 e. The normalized spacial score (nSPS) is 11.0. The molecule has 0 aliphatic heterocycles. The highest BCUT2D eigenvalue weighted by Gasteiger charge is 2.27. The molecule has 1 heterocycles. The van der Waals surface area contributed by atoms with Gasteiger partial charge in [-0.1, -0.05) is 24.3 Å². The number of carbonyl (C=O) groups excluding carboxylic acids is 3. The first kappa shape index (κ1) is 23.7. The third kappa shape index (κ3) is 5.47. The highest BCUT2D eigenvalue weighted by atomic mass is 32.2. The van der Waals surface area contributed by atoms with Crippen LogP contribution in [0.15, 0.2) is 76.2 Å². The molecular formula is C23H22N2O7S. The number of sulfonamides is 1. The number of carbonyl (C=O) groups is 3. The molecule has 0 fully saturated rings. The Bertz CT molecular complexity index is 1250. The van der Waals surface area contributed by atoms with E-state index in [1.807, 2.05) is 5.32 Å². The van der Waals surface area contributed by atoms with Crippen LogP contribution in [0.4, 0.5) is 5.69 Å². The lowest BCUT2D eigenvalue weighted by Gasteiger charge is -2.24. The predicted molar refractivity (Wildman–Crippen MR) is 119 cm³/mol. The number of hydrogen-bond donors (Lipinski definition) is 1. The van der Waals surface area contributed by atoms with Gasteiger partial charge in [-0.3, -0.25) is 19.2 Å². The highest BCUT2D eigenvalue weighted by molar-refractivity contribution is 7.92. The van der Waals surface area contributed by atoms with E-state index in [9.17, 15) is 22.8 Å². The molecule has 0 saturated carbocycles. The molecule has 0 saturated heterocycles. The van der Waals surface area contributed by atoms with E-state index in [-0.39, 0.29) is 22.8 Å². The van der Waals surface area contributed by atoms with Gasteiger partial charge in [0.2, 0.25) is 0 Å². The quantitative estimate of drug-likeness (QED) is 0.502. The van der Waals surface area contributed by atoms with Gasteiger partial charge in [-0.15, -0.1) is 0 Å². The van der Waals surface area contributed by atoms with E-state index in [0.29, 0.717) is 11.3 Å². The van der Waals surface area contributed by atoms with Crippen LogP contribution in [0.1, 0.15) is 33.4 Å². The number of amides is 2. The summed E-state index contributed by atoms with van der Waals surface area (Å²) in [6.07, 6.45) is 1.28. The summed E-state index contributed by atoms with van der Waals surface area (Å²) in [5, 5.41) is 2.02. The highest BCUT2D eigenvalue weighted by Crippen LogP contribution is 2.26. The summed E-state index contributed by atoms with van der Waals surface area (Å²) in [4.78, 5) is 36.1. The molecule has 172 valence electrons. The number of nitrogens with one attached hydrogen (secondary N) is 1. The smallest absolute Gasteiger partial charge is 0.338 e. The number of furan rings is 1. The standard InChI is InChI=1S/C23H22N2O7S/c1-3-25(18-8-5-4-6-9-18)33(29,30)20-14-17(12-11-16(20)2)23(28)32-15-21(26)24-22(27)19-10-7-13-31-19/h4-14H,3,15H2,1-2H3,(H,24,26,27). The second-order valence-electron chi connectivity index (χ2n) is 6.92. The molecule has 9 nitrogen and oxygen atoms in total. The van der Waals surface area contributed by atoms with Gasteiger partial charge in [0.15, 0.2) is 12.4 Å². The van der Waals surface area contributed by atoms with Crippen LogP contribution < -0.4 is 9.62 Å². The van der Waals surface area contributed by atoms with Crippen LogP contribution >= 0.6 is 0 Å². The molecule has 0 radical (unpaired) electrons. The van der Waals surface area contributed by atoms with E-state index < -0.39 is 34.4 Å². The molecule has 1 N–H and O–H groups in total. The molecule has 10 heteroatoms. The molecule has 33 heavy (non-hydrogen) atoms. The summed E-state index contributed by atoms with van der Waals surface area (Å²) in [6.45, 7) is 2.78. The minimum atomic E-state index is -3.97. The number of benzene rings is 2. The van der Waals surface area contributed by atoms with Gasteiger partial charge >= 0.3 is 5.97 Å². The lowest BCUT2D eigenvalue weighted by Crippen LogP contribution is -2.34. The lowest BCUT2D eigenvalue weighted by atomic mass is 10.1. The van der Waals surface area contributed by atoms with Crippen molar-refractivity contribution in [1.82, 2.24) is 5.32 Å². The molecule has 0 atom stereocenters. The molecule has 0 aliphatic carbocycles. The number of imide groups is 1. The Morgan fingerprint density at radius 3 is 2.39 bits per heavy atom. The van der Waals surface area contributed by atoms with E-state index >= 15 is 0 Å². The summed E-state index contributed by atoms with van der Waals surface area (Å²) >= 11 is 0. The van der Waals surface area contributed by atoms with E-state index in [4.69, 9.17) is 9.15 Å². The number of ether oxygens (including phenoxy) is 1. The largest absolute Gasteiger partial charge is 0.459 e. The van der Waals surface area contributed by atoms with Gasteiger partial charge in [-0.2, -0.15) is 0 Å². The van der Waals surface area contributed by atoms with Gasteiger partial charge in [0.25, 0.3) is 21.8 Å². The summed E-state index contributed by atoms with van der Waals surface area (Å²) < 4.78 is 37.7. The van der Waals surface area contributed by atoms with Crippen LogP contribution in [-0.2, 0) is 19.6 Å². The SMILES string of the molecule is CCN(c1ccccc1)S(=O)(=O)c1cc(C(=O)OCC(=O)NC(=O)c2ccco2)ccc1C. The Hall–Kier alpha value is -3.92. The topological polar surface area (TPSA) is 123 Å². The number of para-hydroxylation sites is 1. The molecule has 0 bridgehead atoms. The fourth-order valence-electron chi connectivity index (χ4n) is 3.06. The van der Waals surface area contributed by atoms with E-state index in [2.05, 4.69) is 0 Å². The van der Waals surface area contributed by atoms with Crippen molar-refractivity contribution >= 4 is 33.5 Å². The molecule has 2 amide bonds. The summed E-state index contributed by atoms with van der Waals surface area (Å²) in [5.41, 5.74) is 0.890. The number of hydrogen-bond acceptors (Lipinski definition) is 7. The zero-order valence-electron chi connectivity index (χ0n) is 18.0. The third-order valence-corrected chi connectivity index (χ3v) is 6.70. The van der Waals surface area contributed by atoms with E-state index in [1.54, 1.807) is 44.2 Å². The maximum Gasteiger partial charge on any atom is 0.338 e. The maximum atomic E-state index is 13.3. The van der Waals surface area contributed by atoms with Gasteiger partial charge in [-0.25, -0.2) is 13.2 Å². The Morgan fingerprint density at radius 2 is 1.76 bits per heavy atom. The molecule has 3 aromatic rings. The van der Waals surface area contributed by atoms with Gasteiger partial charge in [0.05, 0.1) is 22.4 Å². The van der Waals surface area contributed by atoms with Crippen molar-refractivity contribution in [3.63, 3.8) is 0 Å². The van der Waals surface area contributed by atoms with Crippen LogP contribution in [0.2, 0.25) is 0 Å². The zero-order chi connectivity index (χ0) is 24.0. The molecule has 0 spiro atoms. The zero-order valence-corrected chi connectivity index (χ0v) is 18.8. The van der Waals surface area contributed by atoms with Crippen molar-refractivity contribution in [3.8, 4) is 0 Å². The molecule has 1 aromatic heterocycles. The van der Waals surface area contributed by atoms with Gasteiger partial charge in [0.1, 0.15) is 0 Å². The van der Waals surface area contributed by atoms with Crippen LogP contribution in [0.25, 0.3) is 0 Å². The first-order chi connectivity index (χ1) is 15.7. The number of esters is 1. The number of nitrogens with zero attached hydrogens (tertiary/aromatic N) is 1. The monoisotopic (exact) mass is 470 g/mol. The van der Waals surface area contributed by atoms with Gasteiger partial charge in [0, 0.05) is 6.54 Å². The average molecular weight is 471 g/mol. The van der Waals surface area contributed by atoms with E-state index in [1.165, 1.54) is 40.9 Å². The van der Waals surface area contributed by atoms with Crippen molar-refractivity contribution in [2.24, 2.45) is 0 Å². The first-order valence-corrected chi connectivity index (χ1v) is 11.4. The third-order valence-electron chi connectivity index (χ3n) is 4.66. The Balaban J connectivity index is 1.74. The Kier molecular flexibility index (Phi) is 7.29. The first-order valence-electron chi connectivity index (χ1n) is 9.97. The summed E-state index contributed by atoms with van der Waals surface area (Å²) in [7, 11) is -3.97. The van der Waals surface area contributed by atoms with Crippen molar-refractivity contribution < 1.29 is 32.0 Å². The molecule has 2 aromatic carbocycles. The Labute approximate surface area is 191 Å². The summed E-state index contributed by atoms with van der Waals surface area (Å²) in [5.74, 6) is -2.60. The molecular weight excluding hydrogens is 448 g/mol. The fourth-order valence-corrected chi connectivity index (χ4v) is 4.78. The molecule has 3 rings (SSSR count). The number of aryl methyl sites for hydroxylation is 1. The van der Waals surface area contributed by atoms with Crippen LogP contribution in [0.5, 0.6) is 0 Å². The van der Waals surface area contributed by atoms with Crippen LogP contribution in [0, 0.1) is 6.92 Å². The van der Waals surface area contributed by atoms with Crippen molar-refractivity contribution in [2.45, 2.75) is 18.7 Å². The summed E-state index contributed by atoms with van der Waals surface area (Å²) in [6, 6.07) is 15.6. The fraction of sp³-hybridized carbons (Fsp3) is 0.174. The van der Waals surface area contributed by atoms with Crippen LogP contribution in [-0.4, -0.2) is 39.4 Å². The van der Waals surface area contributed by atoms with Gasteiger partial charge < -0.3 is 9.15 Å². The Morgan fingerprint density at radius 1 is 1.03 bits per heavy atom. The predicted octanol–water partition coefficient (Wildman–Crippen LogP) is 2.92. The lowest BCUT2D eigenvalue weighted by molar-refractivity contribution is -0.123. The maximum absolute atomic E-state index is 13.3. The second kappa shape index (κ2) is 10.1. The minimum absolute atomic E-state index is 0.0477. The average Bonchev–Trinajstić information content (AvgIpc) is 3.34. The van der Waals surface area contributed by atoms with Crippen LogP contribution in [0.3, 0.4) is 0 Å². The van der Waals surface area contributed by atoms with Gasteiger partial charge in [-0.05, 0) is 55.8 Å². The second-order valence-corrected chi connectivity index (χ2v) is 8.75. The van der Waals surface area contributed by atoms with E-state index in [0.717, 1.165) is 0 Å².